The van der Waals surface area contributed by atoms with Crippen molar-refractivity contribution < 1.29 is 13.2 Å². The van der Waals surface area contributed by atoms with Gasteiger partial charge in [-0.25, -0.2) is 8.42 Å². The van der Waals surface area contributed by atoms with E-state index in [1.807, 2.05) is 4.31 Å². The molecule has 1 heterocycles. The third-order valence-corrected chi connectivity index (χ3v) is 10.6. The maximum absolute atomic E-state index is 13.5. The number of fused-ring (bicyclic) bond motifs is 3. The van der Waals surface area contributed by atoms with Gasteiger partial charge in [0, 0.05) is 24.4 Å². The van der Waals surface area contributed by atoms with Crippen LogP contribution in [0.1, 0.15) is 72.1 Å². The highest BCUT2D eigenvalue weighted by Gasteiger charge is 2.66. The molecular formula is C20H33NO3S. The molecule has 4 nitrogen and oxygen atoms in total. The normalized spacial score (nSPS) is 44.0. The summed E-state index contributed by atoms with van der Waals surface area (Å²) in [5.74, 6) is 1.77. The van der Waals surface area contributed by atoms with Crippen molar-refractivity contribution in [3.63, 3.8) is 0 Å². The molecular weight excluding hydrogens is 334 g/mol. The average molecular weight is 368 g/mol. The van der Waals surface area contributed by atoms with E-state index in [9.17, 15) is 13.2 Å². The summed E-state index contributed by atoms with van der Waals surface area (Å²) in [5.41, 5.74) is -0.810. The Morgan fingerprint density at radius 2 is 1.84 bits per heavy atom. The van der Waals surface area contributed by atoms with Crippen molar-refractivity contribution >= 4 is 15.8 Å². The van der Waals surface area contributed by atoms with Gasteiger partial charge in [0.25, 0.3) is 0 Å². The number of carbonyl (C=O) groups excluding carboxylic acids is 1. The molecule has 3 saturated carbocycles. The van der Waals surface area contributed by atoms with Gasteiger partial charge in [0.05, 0.1) is 5.75 Å². The van der Waals surface area contributed by atoms with Gasteiger partial charge in [-0.1, -0.05) is 33.6 Å². The molecule has 0 aromatic rings. The van der Waals surface area contributed by atoms with Crippen molar-refractivity contribution in [3.05, 3.63) is 0 Å². The molecule has 5 heteroatoms. The van der Waals surface area contributed by atoms with Crippen molar-refractivity contribution in [1.29, 1.82) is 0 Å². The van der Waals surface area contributed by atoms with E-state index in [4.69, 9.17) is 0 Å². The molecule has 0 radical (unpaired) electrons. The fraction of sp³-hybridized carbons (Fsp3) is 0.950. The smallest absolute Gasteiger partial charge is 0.215 e. The van der Waals surface area contributed by atoms with Gasteiger partial charge >= 0.3 is 0 Å². The van der Waals surface area contributed by atoms with Gasteiger partial charge in [-0.3, -0.25) is 4.79 Å². The number of hydrogen-bond acceptors (Lipinski definition) is 3. The van der Waals surface area contributed by atoms with Crippen LogP contribution in [-0.2, 0) is 14.8 Å². The molecule has 142 valence electrons. The molecule has 3 aliphatic carbocycles. The Morgan fingerprint density at radius 3 is 2.48 bits per heavy atom. The first kappa shape index (κ1) is 18.0. The predicted octanol–water partition coefficient (Wildman–Crippen LogP) is 3.61. The number of hydrogen-bond donors (Lipinski definition) is 0. The van der Waals surface area contributed by atoms with E-state index in [-0.39, 0.29) is 23.0 Å². The van der Waals surface area contributed by atoms with Crippen LogP contribution < -0.4 is 0 Å². The number of carbonyl (C=O) groups is 1. The van der Waals surface area contributed by atoms with Crippen molar-refractivity contribution in [2.45, 2.75) is 78.2 Å². The fourth-order valence-electron chi connectivity index (χ4n) is 6.72. The lowest BCUT2D eigenvalue weighted by atomic mass is 9.70. The molecule has 2 bridgehead atoms. The molecule has 5 atom stereocenters. The Hall–Kier alpha value is -0.420. The molecule has 4 rings (SSSR count). The third-order valence-electron chi connectivity index (χ3n) is 8.61. The molecule has 1 aliphatic heterocycles. The summed E-state index contributed by atoms with van der Waals surface area (Å²) in [6.45, 7) is 7.20. The Balaban J connectivity index is 1.63. The second-order valence-electron chi connectivity index (χ2n) is 9.82. The number of rotatable bonds is 3. The van der Waals surface area contributed by atoms with E-state index in [0.29, 0.717) is 30.7 Å². The molecule has 25 heavy (non-hydrogen) atoms. The van der Waals surface area contributed by atoms with Crippen molar-refractivity contribution in [1.82, 2.24) is 4.31 Å². The summed E-state index contributed by atoms with van der Waals surface area (Å²) in [7, 11) is -3.40. The number of sulfonamides is 1. The van der Waals surface area contributed by atoms with Gasteiger partial charge in [-0.15, -0.1) is 0 Å². The van der Waals surface area contributed by atoms with Crippen LogP contribution in [0.4, 0.5) is 0 Å². The van der Waals surface area contributed by atoms with Crippen LogP contribution in [0.2, 0.25) is 0 Å². The predicted molar refractivity (Wildman–Crippen MR) is 98.6 cm³/mol. The minimum Gasteiger partial charge on any atom is -0.299 e. The topological polar surface area (TPSA) is 54.5 Å². The molecule has 0 N–H and O–H groups in total. The lowest BCUT2D eigenvalue weighted by Crippen LogP contribution is -2.55. The summed E-state index contributed by atoms with van der Waals surface area (Å²) in [5, 5.41) is 0. The third kappa shape index (κ3) is 2.48. The van der Waals surface area contributed by atoms with Crippen LogP contribution in [0.15, 0.2) is 0 Å². The summed E-state index contributed by atoms with van der Waals surface area (Å²) in [6.07, 6.45) is 7.86. The van der Waals surface area contributed by atoms with Crippen molar-refractivity contribution in [2.75, 3.05) is 12.3 Å². The van der Waals surface area contributed by atoms with Crippen molar-refractivity contribution in [3.8, 4) is 0 Å². The van der Waals surface area contributed by atoms with Crippen LogP contribution >= 0.6 is 0 Å². The lowest BCUT2D eigenvalue weighted by Gasteiger charge is -2.47. The Morgan fingerprint density at radius 1 is 1.12 bits per heavy atom. The first-order chi connectivity index (χ1) is 11.7. The Kier molecular flexibility index (Phi) is 4.16. The zero-order valence-electron chi connectivity index (χ0n) is 16.0. The summed E-state index contributed by atoms with van der Waals surface area (Å²) in [6, 6.07) is 0.177. The summed E-state index contributed by atoms with van der Waals surface area (Å²) >= 11 is 0. The number of piperidine rings is 1. The maximum atomic E-state index is 13.5. The van der Waals surface area contributed by atoms with Crippen LogP contribution in [0.5, 0.6) is 0 Å². The van der Waals surface area contributed by atoms with Gasteiger partial charge in [0.15, 0.2) is 0 Å². The van der Waals surface area contributed by atoms with Gasteiger partial charge in [0.2, 0.25) is 10.0 Å². The minimum atomic E-state index is -3.40. The van der Waals surface area contributed by atoms with Gasteiger partial charge < -0.3 is 0 Å². The summed E-state index contributed by atoms with van der Waals surface area (Å²) in [4.78, 5) is 12.8. The highest BCUT2D eigenvalue weighted by molar-refractivity contribution is 7.89. The lowest BCUT2D eigenvalue weighted by molar-refractivity contribution is -0.128. The maximum Gasteiger partial charge on any atom is 0.215 e. The second-order valence-corrected chi connectivity index (χ2v) is 11.7. The SMILES string of the molecule is C[C@@H]1CCN(S(=O)(=O)C[C@@]23CC[C@@H](CC2=O)C3(C)C)[C@H]2CCCC[C@@H]12. The zero-order valence-corrected chi connectivity index (χ0v) is 16.8. The Bertz CT molecular complexity index is 670. The average Bonchev–Trinajstić information content (AvgIpc) is 2.89. The molecule has 0 aromatic heterocycles. The van der Waals surface area contributed by atoms with Crippen LogP contribution in [0.3, 0.4) is 0 Å². The van der Waals surface area contributed by atoms with Crippen molar-refractivity contribution in [2.24, 2.45) is 28.6 Å². The van der Waals surface area contributed by atoms with Gasteiger partial charge in [0.1, 0.15) is 5.78 Å². The standard InChI is InChI=1S/C20H33NO3S/c1-14-9-11-21(17-7-5-4-6-16(14)17)25(23,24)13-20-10-8-15(12-18(20)22)19(20,2)3/h14-17H,4-13H2,1-3H3/t14-,15+,16+,17+,20+/m1/s1. The zero-order chi connectivity index (χ0) is 18.0. The van der Waals surface area contributed by atoms with Gasteiger partial charge in [-0.2, -0.15) is 4.31 Å². The number of nitrogens with zero attached hydrogens (tertiary/aromatic N) is 1. The molecule has 1 saturated heterocycles. The van der Waals surface area contributed by atoms with E-state index >= 15 is 0 Å². The van der Waals surface area contributed by atoms with Crippen LogP contribution in [0.25, 0.3) is 0 Å². The van der Waals surface area contributed by atoms with Crippen LogP contribution in [0, 0.1) is 28.6 Å². The van der Waals surface area contributed by atoms with E-state index in [0.717, 1.165) is 38.5 Å². The van der Waals surface area contributed by atoms with Gasteiger partial charge in [-0.05, 0) is 55.3 Å². The highest BCUT2D eigenvalue weighted by atomic mass is 32.2. The molecule has 4 aliphatic rings. The monoisotopic (exact) mass is 367 g/mol. The first-order valence-electron chi connectivity index (χ1n) is 10.2. The molecule has 0 unspecified atom stereocenters. The largest absolute Gasteiger partial charge is 0.299 e. The van der Waals surface area contributed by atoms with E-state index in [1.54, 1.807) is 0 Å². The number of Topliss-reactive ketones (excluding diaryl/α,β-unsaturated/α-hetero) is 1. The van der Waals surface area contributed by atoms with E-state index < -0.39 is 15.4 Å². The minimum absolute atomic E-state index is 0.0555. The van der Waals surface area contributed by atoms with E-state index in [1.165, 1.54) is 6.42 Å². The Labute approximate surface area is 152 Å². The molecule has 0 spiro atoms. The fourth-order valence-corrected chi connectivity index (χ4v) is 9.24. The van der Waals surface area contributed by atoms with E-state index in [2.05, 4.69) is 20.8 Å². The quantitative estimate of drug-likeness (QED) is 0.766. The second kappa shape index (κ2) is 5.79. The first-order valence-corrected chi connectivity index (χ1v) is 11.8. The molecule has 0 aromatic carbocycles. The molecule has 4 fully saturated rings. The highest BCUT2D eigenvalue weighted by Crippen LogP contribution is 2.64. The summed E-state index contributed by atoms with van der Waals surface area (Å²) < 4.78 is 28.8. The van der Waals surface area contributed by atoms with Crippen LogP contribution in [-0.4, -0.2) is 36.8 Å². The number of ketones is 1. The molecule has 0 amide bonds.